The van der Waals surface area contributed by atoms with Crippen LogP contribution in [0, 0.1) is 17.6 Å². The van der Waals surface area contributed by atoms with Crippen LogP contribution in [-0.4, -0.2) is 90.7 Å². The van der Waals surface area contributed by atoms with Crippen LogP contribution < -0.4 is 0 Å². The van der Waals surface area contributed by atoms with Gasteiger partial charge in [0.15, 0.2) is 19.7 Å². The minimum atomic E-state index is -3.38. The van der Waals surface area contributed by atoms with E-state index in [0.29, 0.717) is 37.8 Å². The molecule has 42 heavy (non-hydrogen) atoms. The van der Waals surface area contributed by atoms with Crippen LogP contribution in [0.3, 0.4) is 0 Å². The number of hydrogen-bond donors (Lipinski definition) is 0. The van der Waals surface area contributed by atoms with Crippen molar-refractivity contribution in [2.45, 2.75) is 54.6 Å². The third kappa shape index (κ3) is 8.81. The smallest absolute Gasteiger partial charge is 0.211 e. The van der Waals surface area contributed by atoms with Gasteiger partial charge in [0.05, 0.1) is 22.2 Å². The number of piperidine rings is 2. The first-order valence-corrected chi connectivity index (χ1v) is 19.7. The van der Waals surface area contributed by atoms with E-state index in [0.717, 1.165) is 50.1 Å². The van der Waals surface area contributed by atoms with E-state index in [2.05, 4.69) is 4.90 Å². The van der Waals surface area contributed by atoms with Crippen molar-refractivity contribution in [3.05, 3.63) is 65.2 Å². The van der Waals surface area contributed by atoms with Crippen molar-refractivity contribution in [3.8, 4) is 0 Å². The Morgan fingerprint density at radius 3 is 1.88 bits per heavy atom. The average molecular weight is 647 g/mol. The van der Waals surface area contributed by atoms with E-state index in [1.165, 1.54) is 28.6 Å². The summed E-state index contributed by atoms with van der Waals surface area (Å²) < 4.78 is 103. The van der Waals surface area contributed by atoms with Crippen LogP contribution in [0.5, 0.6) is 0 Å². The fraction of sp³-hybridized carbons (Fsp3) is 0.586. The standard InChI is InChI=1S/C29H40F2N2O6S3/c1-40(34,35)27-5-3-23(4-6-27)29(24-19-25(30)21-26(31)20-24)11-15-32-13-7-22(8-14-32)12-18-42(38,39)28-9-16-33(17-10-28)41(2,36)37/h3-6,19-22,28-29H,7-18H2,1-2H3/t29-/m1/s1. The normalized spacial score (nSPS) is 19.6. The van der Waals surface area contributed by atoms with Gasteiger partial charge in [0.1, 0.15) is 11.6 Å². The second-order valence-corrected chi connectivity index (χ2v) is 18.1. The molecule has 1 atom stereocenters. The molecule has 0 aromatic heterocycles. The molecule has 0 radical (unpaired) electrons. The Bertz CT molecular complexity index is 1530. The van der Waals surface area contributed by atoms with E-state index in [-0.39, 0.29) is 35.6 Å². The van der Waals surface area contributed by atoms with Crippen molar-refractivity contribution in [3.63, 3.8) is 0 Å². The second-order valence-electron chi connectivity index (χ2n) is 11.7. The summed E-state index contributed by atoms with van der Waals surface area (Å²) in [6.45, 7) is 2.72. The molecular weight excluding hydrogens is 607 g/mol. The van der Waals surface area contributed by atoms with E-state index < -0.39 is 46.6 Å². The summed E-state index contributed by atoms with van der Waals surface area (Å²) in [5, 5.41) is -0.494. The lowest BCUT2D eigenvalue weighted by Gasteiger charge is -2.34. The number of hydrogen-bond acceptors (Lipinski definition) is 7. The van der Waals surface area contributed by atoms with Crippen LogP contribution in [0.15, 0.2) is 47.4 Å². The molecule has 0 amide bonds. The quantitative estimate of drug-likeness (QED) is 0.365. The highest BCUT2D eigenvalue weighted by Gasteiger charge is 2.33. The Morgan fingerprint density at radius 1 is 0.786 bits per heavy atom. The molecule has 0 spiro atoms. The van der Waals surface area contributed by atoms with Gasteiger partial charge in [0.2, 0.25) is 10.0 Å². The summed E-state index contributed by atoms with van der Waals surface area (Å²) in [6.07, 6.45) is 5.81. The van der Waals surface area contributed by atoms with Crippen molar-refractivity contribution >= 4 is 29.7 Å². The number of sulfone groups is 2. The molecule has 0 bridgehead atoms. The first kappa shape index (κ1) is 33.0. The van der Waals surface area contributed by atoms with E-state index >= 15 is 0 Å². The summed E-state index contributed by atoms with van der Waals surface area (Å²) in [5.74, 6) is -1.28. The highest BCUT2D eigenvalue weighted by atomic mass is 32.2. The molecule has 2 aromatic carbocycles. The van der Waals surface area contributed by atoms with Crippen molar-refractivity contribution < 1.29 is 34.0 Å². The molecule has 2 aromatic rings. The minimum absolute atomic E-state index is 0.109. The number of nitrogens with zero attached hydrogens (tertiary/aromatic N) is 2. The molecule has 2 heterocycles. The van der Waals surface area contributed by atoms with Crippen molar-refractivity contribution in [1.29, 1.82) is 0 Å². The summed E-state index contributed by atoms with van der Waals surface area (Å²) in [5.41, 5.74) is 1.26. The van der Waals surface area contributed by atoms with Gasteiger partial charge in [-0.15, -0.1) is 0 Å². The van der Waals surface area contributed by atoms with E-state index in [1.54, 1.807) is 12.1 Å². The molecule has 4 rings (SSSR count). The molecule has 0 unspecified atom stereocenters. The van der Waals surface area contributed by atoms with Crippen LogP contribution in [0.25, 0.3) is 0 Å². The van der Waals surface area contributed by atoms with Gasteiger partial charge in [0, 0.05) is 31.3 Å². The Balaban J connectivity index is 1.31. The Morgan fingerprint density at radius 2 is 1.36 bits per heavy atom. The zero-order valence-corrected chi connectivity index (χ0v) is 26.5. The summed E-state index contributed by atoms with van der Waals surface area (Å²) in [4.78, 5) is 2.46. The second kappa shape index (κ2) is 13.4. The van der Waals surface area contributed by atoms with E-state index in [9.17, 15) is 34.0 Å². The van der Waals surface area contributed by atoms with Gasteiger partial charge in [-0.1, -0.05) is 12.1 Å². The Labute approximate surface area is 249 Å². The summed E-state index contributed by atoms with van der Waals surface area (Å²) in [6, 6.07) is 9.88. The third-order valence-corrected chi connectivity index (χ3v) is 13.4. The van der Waals surface area contributed by atoms with Crippen molar-refractivity contribution in [2.75, 3.05) is 51.0 Å². The highest BCUT2D eigenvalue weighted by Crippen LogP contribution is 2.32. The maximum atomic E-state index is 14.1. The number of sulfonamides is 1. The zero-order valence-electron chi connectivity index (χ0n) is 24.1. The fourth-order valence-corrected chi connectivity index (χ4v) is 9.51. The predicted octanol–water partition coefficient (Wildman–Crippen LogP) is 3.83. The van der Waals surface area contributed by atoms with Gasteiger partial charge in [-0.25, -0.2) is 38.3 Å². The maximum Gasteiger partial charge on any atom is 0.211 e. The molecule has 8 nitrogen and oxygen atoms in total. The number of halogens is 2. The van der Waals surface area contributed by atoms with Crippen LogP contribution in [0.1, 0.15) is 55.6 Å². The monoisotopic (exact) mass is 646 g/mol. The lowest BCUT2D eigenvalue weighted by Crippen LogP contribution is -2.42. The number of rotatable bonds is 11. The molecule has 2 saturated heterocycles. The SMILES string of the molecule is CS(=O)(=O)c1ccc([C@@H](CCN2CCC(CCS(=O)(=O)C3CCN(S(C)(=O)=O)CC3)CC2)c2cc(F)cc(F)c2)cc1. The molecular formula is C29H40F2N2O6S3. The lowest BCUT2D eigenvalue weighted by molar-refractivity contribution is 0.178. The fourth-order valence-electron chi connectivity index (χ4n) is 6.08. The predicted molar refractivity (Wildman–Crippen MR) is 159 cm³/mol. The number of benzene rings is 2. The molecule has 13 heteroatoms. The van der Waals surface area contributed by atoms with Crippen LogP contribution in [-0.2, 0) is 29.7 Å². The topological polar surface area (TPSA) is 109 Å². The largest absolute Gasteiger partial charge is 0.303 e. The van der Waals surface area contributed by atoms with Crippen molar-refractivity contribution in [1.82, 2.24) is 9.21 Å². The lowest BCUT2D eigenvalue weighted by atomic mass is 9.87. The molecule has 2 aliphatic rings. The highest BCUT2D eigenvalue weighted by molar-refractivity contribution is 7.92. The molecule has 0 saturated carbocycles. The maximum absolute atomic E-state index is 14.1. The van der Waals surface area contributed by atoms with Crippen LogP contribution in [0.2, 0.25) is 0 Å². The van der Waals surface area contributed by atoms with Crippen LogP contribution >= 0.6 is 0 Å². The van der Waals surface area contributed by atoms with Gasteiger partial charge >= 0.3 is 0 Å². The van der Waals surface area contributed by atoms with Gasteiger partial charge in [-0.05, 0) is 99.5 Å². The van der Waals surface area contributed by atoms with E-state index in [1.807, 2.05) is 0 Å². The molecule has 2 fully saturated rings. The Hall–Kier alpha value is -1.93. The van der Waals surface area contributed by atoms with Crippen molar-refractivity contribution in [2.24, 2.45) is 5.92 Å². The average Bonchev–Trinajstić information content (AvgIpc) is 2.92. The molecule has 2 aliphatic heterocycles. The Kier molecular flexibility index (Phi) is 10.5. The molecule has 0 N–H and O–H groups in total. The molecule has 234 valence electrons. The first-order chi connectivity index (χ1) is 19.6. The third-order valence-electron chi connectivity index (χ3n) is 8.63. The van der Waals surface area contributed by atoms with Crippen LogP contribution in [0.4, 0.5) is 8.78 Å². The first-order valence-electron chi connectivity index (χ1n) is 14.3. The van der Waals surface area contributed by atoms with Gasteiger partial charge in [-0.3, -0.25) is 0 Å². The van der Waals surface area contributed by atoms with Gasteiger partial charge < -0.3 is 4.90 Å². The zero-order chi connectivity index (χ0) is 30.7. The van der Waals surface area contributed by atoms with Gasteiger partial charge in [-0.2, -0.15) is 0 Å². The molecule has 0 aliphatic carbocycles. The summed E-state index contributed by atoms with van der Waals surface area (Å²) >= 11 is 0. The number of likely N-dealkylation sites (tertiary alicyclic amines) is 1. The van der Waals surface area contributed by atoms with E-state index in [4.69, 9.17) is 0 Å². The summed E-state index contributed by atoms with van der Waals surface area (Å²) in [7, 11) is -9.98. The van der Waals surface area contributed by atoms with Gasteiger partial charge in [0.25, 0.3) is 0 Å². The minimum Gasteiger partial charge on any atom is -0.303 e.